The Bertz CT molecular complexity index is 2180. The number of fused-ring (bicyclic) bond motifs is 4. The zero-order chi connectivity index (χ0) is 36.9. The number of carbonyl (C=O) groups is 3. The van der Waals surface area contributed by atoms with E-state index in [0.29, 0.717) is 59.9 Å². The van der Waals surface area contributed by atoms with Crippen molar-refractivity contribution < 1.29 is 33.4 Å². The first-order valence-corrected chi connectivity index (χ1v) is 16.4. The normalized spacial score (nSPS) is 17.0. The monoisotopic (exact) mass is 703 g/mol. The first kappa shape index (κ1) is 36.8. The van der Waals surface area contributed by atoms with Gasteiger partial charge in [-0.1, -0.05) is 19.9 Å². The molecule has 3 aromatic rings. The summed E-state index contributed by atoms with van der Waals surface area (Å²) in [4.78, 5) is 73.9. The zero-order valence-electron chi connectivity index (χ0n) is 28.5. The van der Waals surface area contributed by atoms with E-state index in [0.717, 1.165) is 11.8 Å². The standard InChI is InChI=1S/C35H38FN7O8/c1-5-35(49)24-16-27-30-21(18-43(27)32(46)23(24)19-50-33(35)47)15-20(2)26(38-30)12-11-22(13-14-42(3)4)51-29(45)10-8-6-7-9-28(44)40-41-31-25(36)17-37-34(48)39-31/h11-12,15-17,49H,2,5-10,13-14,18-19H2,1,3-4H3,(H,37,39,48)/b22-11+,26-12+,41-40+/t35-/m0/s1. The first-order chi connectivity index (χ1) is 24.3. The van der Waals surface area contributed by atoms with Gasteiger partial charge in [0.05, 0.1) is 28.8 Å². The number of nitrogens with zero attached hydrogens (tertiary/aromatic N) is 6. The van der Waals surface area contributed by atoms with Crippen LogP contribution in [0.1, 0.15) is 68.6 Å². The molecule has 3 aromatic heterocycles. The van der Waals surface area contributed by atoms with Crippen molar-refractivity contribution in [2.24, 2.45) is 10.2 Å². The summed E-state index contributed by atoms with van der Waals surface area (Å²) in [6, 6.07) is 3.47. The van der Waals surface area contributed by atoms with E-state index in [-0.39, 0.29) is 49.1 Å². The van der Waals surface area contributed by atoms with Crippen LogP contribution in [0.25, 0.3) is 24.0 Å². The van der Waals surface area contributed by atoms with Crippen LogP contribution in [-0.2, 0) is 42.6 Å². The molecule has 0 aliphatic carbocycles. The molecule has 268 valence electrons. The van der Waals surface area contributed by atoms with Gasteiger partial charge in [0.15, 0.2) is 11.4 Å². The molecule has 2 aliphatic heterocycles. The predicted octanol–water partition coefficient (Wildman–Crippen LogP) is 1.98. The van der Waals surface area contributed by atoms with Gasteiger partial charge in [-0.25, -0.2) is 19.0 Å². The van der Waals surface area contributed by atoms with Gasteiger partial charge in [-0.15, -0.1) is 10.2 Å². The number of ether oxygens (including phenoxy) is 2. The largest absolute Gasteiger partial charge is 0.458 e. The topological polar surface area (TPSA) is 198 Å². The molecule has 1 amide bonds. The number of amides is 1. The lowest BCUT2D eigenvalue weighted by Gasteiger charge is -2.31. The Hall–Kier alpha value is -5.48. The summed E-state index contributed by atoms with van der Waals surface area (Å²) in [5.74, 6) is -2.95. The molecule has 5 rings (SSSR count). The maximum atomic E-state index is 13.6. The lowest BCUT2D eigenvalue weighted by Crippen LogP contribution is -2.44. The molecule has 1 atom stereocenters. The average Bonchev–Trinajstić information content (AvgIpc) is 3.45. The van der Waals surface area contributed by atoms with Crippen molar-refractivity contribution in [2.75, 3.05) is 20.6 Å². The second-order valence-electron chi connectivity index (χ2n) is 12.5. The molecule has 51 heavy (non-hydrogen) atoms. The molecule has 2 aliphatic rings. The fourth-order valence-corrected chi connectivity index (χ4v) is 5.71. The highest BCUT2D eigenvalue weighted by Crippen LogP contribution is 2.37. The van der Waals surface area contributed by atoms with Crippen molar-refractivity contribution in [1.29, 1.82) is 0 Å². The molecule has 0 fully saturated rings. The molecule has 0 spiro atoms. The number of rotatable bonds is 13. The van der Waals surface area contributed by atoms with Crippen molar-refractivity contribution in [3.63, 3.8) is 0 Å². The van der Waals surface area contributed by atoms with Crippen LogP contribution in [0.2, 0.25) is 0 Å². The van der Waals surface area contributed by atoms with E-state index in [1.165, 1.54) is 0 Å². The van der Waals surface area contributed by atoms with Crippen LogP contribution >= 0.6 is 0 Å². The number of allylic oxidation sites excluding steroid dienone is 1. The van der Waals surface area contributed by atoms with Crippen molar-refractivity contribution in [3.05, 3.63) is 84.1 Å². The molecule has 0 radical (unpaired) electrons. The average molecular weight is 704 g/mol. The van der Waals surface area contributed by atoms with E-state index in [4.69, 9.17) is 14.5 Å². The molecule has 0 bridgehead atoms. The van der Waals surface area contributed by atoms with E-state index in [2.05, 4.69) is 21.8 Å². The van der Waals surface area contributed by atoms with Gasteiger partial charge in [-0.05, 0) is 62.9 Å². The third-order valence-electron chi connectivity index (χ3n) is 8.58. The summed E-state index contributed by atoms with van der Waals surface area (Å²) in [6.45, 7) is 6.39. The van der Waals surface area contributed by atoms with E-state index < -0.39 is 40.8 Å². The van der Waals surface area contributed by atoms with Crippen LogP contribution in [0.15, 0.2) is 50.0 Å². The number of carbonyl (C=O) groups excluding carboxylic acids is 3. The molecule has 0 aromatic carbocycles. The minimum Gasteiger partial charge on any atom is -0.458 e. The van der Waals surface area contributed by atoms with E-state index in [1.807, 2.05) is 30.0 Å². The van der Waals surface area contributed by atoms with Crippen LogP contribution in [0.4, 0.5) is 10.2 Å². The van der Waals surface area contributed by atoms with Gasteiger partial charge in [-0.3, -0.25) is 14.4 Å². The van der Waals surface area contributed by atoms with Gasteiger partial charge in [0.25, 0.3) is 11.5 Å². The number of aliphatic hydroxyl groups is 1. The number of nitrogens with one attached hydrogen (secondary N) is 1. The van der Waals surface area contributed by atoms with Gasteiger partial charge in [-0.2, -0.15) is 4.98 Å². The number of halogens is 1. The number of cyclic esters (lactones) is 1. The Balaban J connectivity index is 1.26. The Kier molecular flexibility index (Phi) is 11.3. The minimum absolute atomic E-state index is 0.0150. The lowest BCUT2D eigenvalue weighted by molar-refractivity contribution is -0.172. The molecule has 5 heterocycles. The first-order valence-electron chi connectivity index (χ1n) is 16.4. The minimum atomic E-state index is -1.93. The van der Waals surface area contributed by atoms with Gasteiger partial charge in [0.2, 0.25) is 5.82 Å². The molecule has 15 nitrogen and oxygen atoms in total. The van der Waals surface area contributed by atoms with Gasteiger partial charge < -0.3 is 29.0 Å². The summed E-state index contributed by atoms with van der Waals surface area (Å²) >= 11 is 0. The Morgan fingerprint density at radius 2 is 1.94 bits per heavy atom. The number of azo groups is 1. The Morgan fingerprint density at radius 3 is 2.69 bits per heavy atom. The van der Waals surface area contributed by atoms with Crippen molar-refractivity contribution >= 4 is 36.3 Å². The molecule has 0 unspecified atom stereocenters. The Morgan fingerprint density at radius 1 is 1.18 bits per heavy atom. The van der Waals surface area contributed by atoms with E-state index in [9.17, 15) is 33.5 Å². The smallest absolute Gasteiger partial charge is 0.347 e. The van der Waals surface area contributed by atoms with Crippen LogP contribution < -0.4 is 21.8 Å². The number of hydrogen-bond acceptors (Lipinski definition) is 12. The quantitative estimate of drug-likeness (QED) is 0.0894. The lowest BCUT2D eigenvalue weighted by atomic mass is 9.86. The molecular formula is C35H38FN7O8. The van der Waals surface area contributed by atoms with Crippen molar-refractivity contribution in [1.82, 2.24) is 24.4 Å². The summed E-state index contributed by atoms with van der Waals surface area (Å²) in [7, 11) is 3.79. The molecular weight excluding hydrogens is 665 g/mol. The van der Waals surface area contributed by atoms with Crippen molar-refractivity contribution in [3.8, 4) is 11.4 Å². The van der Waals surface area contributed by atoms with E-state index >= 15 is 0 Å². The maximum absolute atomic E-state index is 13.6. The van der Waals surface area contributed by atoms with Crippen LogP contribution in [0.3, 0.4) is 0 Å². The molecule has 2 N–H and O–H groups in total. The third-order valence-corrected chi connectivity index (χ3v) is 8.58. The maximum Gasteiger partial charge on any atom is 0.347 e. The molecule has 16 heteroatoms. The van der Waals surface area contributed by atoms with Crippen LogP contribution in [-0.4, -0.2) is 68.0 Å². The highest BCUT2D eigenvalue weighted by atomic mass is 19.1. The Labute approximate surface area is 290 Å². The fourth-order valence-electron chi connectivity index (χ4n) is 5.71. The summed E-state index contributed by atoms with van der Waals surface area (Å²) in [6.07, 6.45) is 6.07. The SMILES string of the molecule is C=c1cc2c(n/c1=C/C=C(\CCN(C)C)OC(=O)CCCCCC(=O)/N=N/c1nc(=O)[nH]cc1F)-c1cc3c(c(=O)n1C2)COC(=O)[C@]3(O)CC. The number of aromatic amines is 1. The third kappa shape index (κ3) is 8.29. The molecule has 0 saturated heterocycles. The van der Waals surface area contributed by atoms with Gasteiger partial charge in [0, 0.05) is 43.1 Å². The predicted molar refractivity (Wildman–Crippen MR) is 181 cm³/mol. The number of aromatic nitrogens is 4. The number of hydrogen-bond donors (Lipinski definition) is 2. The number of unbranched alkanes of at least 4 members (excludes halogenated alkanes) is 2. The second-order valence-corrected chi connectivity index (χ2v) is 12.5. The number of esters is 2. The van der Waals surface area contributed by atoms with Crippen molar-refractivity contribution in [2.45, 2.75) is 70.6 Å². The number of pyridine rings is 2. The van der Waals surface area contributed by atoms with E-state index in [1.54, 1.807) is 29.7 Å². The summed E-state index contributed by atoms with van der Waals surface area (Å²) < 4.78 is 26.0. The fraction of sp³-hybridized carbons (Fsp3) is 0.400. The van der Waals surface area contributed by atoms with Crippen LogP contribution in [0.5, 0.6) is 0 Å². The van der Waals surface area contributed by atoms with Gasteiger partial charge >= 0.3 is 17.6 Å². The highest BCUT2D eigenvalue weighted by molar-refractivity contribution is 5.84. The highest BCUT2D eigenvalue weighted by Gasteiger charge is 2.45. The zero-order valence-corrected chi connectivity index (χ0v) is 28.5. The summed E-state index contributed by atoms with van der Waals surface area (Å²) in [5.41, 5.74) is -0.903. The number of H-pyrrole nitrogens is 1. The molecule has 0 saturated carbocycles. The van der Waals surface area contributed by atoms with Crippen LogP contribution in [0, 0.1) is 5.82 Å². The summed E-state index contributed by atoms with van der Waals surface area (Å²) in [5, 5.41) is 19.0. The second kappa shape index (κ2) is 15.6. The van der Waals surface area contributed by atoms with Gasteiger partial charge in [0.1, 0.15) is 12.4 Å².